The van der Waals surface area contributed by atoms with Gasteiger partial charge in [0.1, 0.15) is 6.04 Å². The number of ether oxygens (including phenoxy) is 1. The van der Waals surface area contributed by atoms with E-state index in [-0.39, 0.29) is 10.6 Å². The molecule has 148 valence electrons. The SMILES string of the molecule is C[C@H](NC(=O)c1ccccc1)C(=O)OCC(=O)Nc1cccc(S(N)(=O)=O)c1. The van der Waals surface area contributed by atoms with Gasteiger partial charge in [0.15, 0.2) is 6.61 Å². The second-order valence-corrected chi connectivity index (χ2v) is 7.35. The quantitative estimate of drug-likeness (QED) is 0.576. The lowest BCUT2D eigenvalue weighted by atomic mass is 10.2. The maximum absolute atomic E-state index is 12.0. The first kappa shape index (κ1) is 21.1. The highest BCUT2D eigenvalue weighted by Crippen LogP contribution is 2.14. The van der Waals surface area contributed by atoms with Crippen LogP contribution in [0.3, 0.4) is 0 Å². The third-order valence-electron chi connectivity index (χ3n) is 3.53. The van der Waals surface area contributed by atoms with Gasteiger partial charge in [0, 0.05) is 11.3 Å². The number of primary sulfonamides is 1. The fourth-order valence-electron chi connectivity index (χ4n) is 2.14. The summed E-state index contributed by atoms with van der Waals surface area (Å²) >= 11 is 0. The van der Waals surface area contributed by atoms with Gasteiger partial charge < -0.3 is 15.4 Å². The van der Waals surface area contributed by atoms with Crippen molar-refractivity contribution in [3.05, 3.63) is 60.2 Å². The first-order valence-electron chi connectivity index (χ1n) is 8.12. The molecule has 2 rings (SSSR count). The van der Waals surface area contributed by atoms with Gasteiger partial charge in [-0.15, -0.1) is 0 Å². The summed E-state index contributed by atoms with van der Waals surface area (Å²) in [4.78, 5) is 35.7. The van der Waals surface area contributed by atoms with E-state index in [1.54, 1.807) is 30.3 Å². The minimum atomic E-state index is -3.91. The van der Waals surface area contributed by atoms with Crippen molar-refractivity contribution in [2.45, 2.75) is 17.9 Å². The van der Waals surface area contributed by atoms with E-state index < -0.39 is 40.5 Å². The van der Waals surface area contributed by atoms with Crippen LogP contribution in [0.5, 0.6) is 0 Å². The van der Waals surface area contributed by atoms with Crippen LogP contribution >= 0.6 is 0 Å². The van der Waals surface area contributed by atoms with Gasteiger partial charge in [-0.3, -0.25) is 9.59 Å². The van der Waals surface area contributed by atoms with Crippen LogP contribution in [0, 0.1) is 0 Å². The smallest absolute Gasteiger partial charge is 0.328 e. The molecule has 0 aliphatic rings. The summed E-state index contributed by atoms with van der Waals surface area (Å²) in [6, 6.07) is 12.7. The zero-order valence-electron chi connectivity index (χ0n) is 14.9. The van der Waals surface area contributed by atoms with Crippen LogP contribution in [-0.4, -0.2) is 38.9 Å². The van der Waals surface area contributed by atoms with Crippen LogP contribution in [-0.2, 0) is 24.3 Å². The highest BCUT2D eigenvalue weighted by Gasteiger charge is 2.19. The van der Waals surface area contributed by atoms with Crippen molar-refractivity contribution in [1.29, 1.82) is 0 Å². The molecule has 0 aliphatic heterocycles. The van der Waals surface area contributed by atoms with Crippen molar-refractivity contribution in [2.75, 3.05) is 11.9 Å². The maximum Gasteiger partial charge on any atom is 0.328 e. The van der Waals surface area contributed by atoms with Crippen LogP contribution in [0.2, 0.25) is 0 Å². The fraction of sp³-hybridized carbons (Fsp3) is 0.167. The highest BCUT2D eigenvalue weighted by molar-refractivity contribution is 7.89. The number of anilines is 1. The summed E-state index contributed by atoms with van der Waals surface area (Å²) in [5, 5.41) is 9.89. The van der Waals surface area contributed by atoms with Crippen LogP contribution in [0.1, 0.15) is 17.3 Å². The number of carbonyl (C=O) groups is 3. The largest absolute Gasteiger partial charge is 0.454 e. The Kier molecular flexibility index (Phi) is 6.85. The van der Waals surface area contributed by atoms with Gasteiger partial charge in [0.05, 0.1) is 4.90 Å². The molecule has 0 bridgehead atoms. The number of amides is 2. The Bertz CT molecular complexity index is 976. The summed E-state index contributed by atoms with van der Waals surface area (Å²) in [5.41, 5.74) is 0.563. The van der Waals surface area contributed by atoms with E-state index in [1.165, 1.54) is 31.2 Å². The van der Waals surface area contributed by atoms with Gasteiger partial charge in [0.25, 0.3) is 11.8 Å². The van der Waals surface area contributed by atoms with Crippen LogP contribution in [0.15, 0.2) is 59.5 Å². The standard InChI is InChI=1S/C18H19N3O6S/c1-12(20-17(23)13-6-3-2-4-7-13)18(24)27-11-16(22)21-14-8-5-9-15(10-14)28(19,25)26/h2-10,12H,11H2,1H3,(H,20,23)(H,21,22)(H2,19,25,26)/t12-/m0/s1. The molecule has 2 aromatic rings. The summed E-state index contributed by atoms with van der Waals surface area (Å²) in [5.74, 6) is -1.92. The molecule has 0 unspecified atom stereocenters. The van der Waals surface area contributed by atoms with Crippen molar-refractivity contribution in [2.24, 2.45) is 5.14 Å². The molecular formula is C18H19N3O6S. The molecule has 0 saturated carbocycles. The predicted octanol–water partition coefficient (Wildman–Crippen LogP) is 0.634. The average molecular weight is 405 g/mol. The molecular weight excluding hydrogens is 386 g/mol. The average Bonchev–Trinajstić information content (AvgIpc) is 2.66. The molecule has 0 spiro atoms. The van der Waals surface area contributed by atoms with Gasteiger partial charge >= 0.3 is 5.97 Å². The first-order valence-corrected chi connectivity index (χ1v) is 9.66. The lowest BCUT2D eigenvalue weighted by Gasteiger charge is -2.13. The zero-order valence-corrected chi connectivity index (χ0v) is 15.7. The Balaban J connectivity index is 1.85. The molecule has 2 amide bonds. The zero-order chi connectivity index (χ0) is 20.7. The lowest BCUT2D eigenvalue weighted by molar-refractivity contribution is -0.148. The number of nitrogens with two attached hydrogens (primary N) is 1. The third kappa shape index (κ3) is 6.18. The van der Waals surface area contributed by atoms with Crippen molar-refractivity contribution >= 4 is 33.5 Å². The molecule has 1 atom stereocenters. The van der Waals surface area contributed by atoms with Gasteiger partial charge in [-0.25, -0.2) is 18.4 Å². The summed E-state index contributed by atoms with van der Waals surface area (Å²) in [7, 11) is -3.91. The summed E-state index contributed by atoms with van der Waals surface area (Å²) < 4.78 is 27.5. The maximum atomic E-state index is 12.0. The number of hydrogen-bond acceptors (Lipinski definition) is 6. The van der Waals surface area contributed by atoms with Crippen molar-refractivity contribution in [3.8, 4) is 0 Å². The lowest BCUT2D eigenvalue weighted by Crippen LogP contribution is -2.40. The first-order chi connectivity index (χ1) is 13.2. The molecule has 10 heteroatoms. The van der Waals surface area contributed by atoms with E-state index in [1.807, 2.05) is 0 Å². The molecule has 28 heavy (non-hydrogen) atoms. The Hall–Kier alpha value is -3.24. The Labute approximate surface area is 161 Å². The van der Waals surface area contributed by atoms with Crippen LogP contribution < -0.4 is 15.8 Å². The summed E-state index contributed by atoms with van der Waals surface area (Å²) in [6.45, 7) is 0.820. The van der Waals surface area contributed by atoms with Gasteiger partial charge in [-0.05, 0) is 37.3 Å². The molecule has 0 heterocycles. The number of benzene rings is 2. The van der Waals surface area contributed by atoms with Crippen molar-refractivity contribution in [3.63, 3.8) is 0 Å². The second kappa shape index (κ2) is 9.11. The van der Waals surface area contributed by atoms with E-state index in [2.05, 4.69) is 10.6 Å². The Morgan fingerprint density at radius 3 is 2.39 bits per heavy atom. The topological polar surface area (TPSA) is 145 Å². The van der Waals surface area contributed by atoms with E-state index in [4.69, 9.17) is 9.88 Å². The van der Waals surface area contributed by atoms with Gasteiger partial charge in [-0.1, -0.05) is 24.3 Å². The van der Waals surface area contributed by atoms with Gasteiger partial charge in [-0.2, -0.15) is 0 Å². The number of esters is 1. The summed E-state index contributed by atoms with van der Waals surface area (Å²) in [6.07, 6.45) is 0. The molecule has 0 aliphatic carbocycles. The highest BCUT2D eigenvalue weighted by atomic mass is 32.2. The number of hydrogen-bond donors (Lipinski definition) is 3. The van der Waals surface area contributed by atoms with E-state index in [0.717, 1.165) is 0 Å². The Morgan fingerprint density at radius 2 is 1.75 bits per heavy atom. The van der Waals surface area contributed by atoms with E-state index >= 15 is 0 Å². The minimum Gasteiger partial charge on any atom is -0.454 e. The molecule has 4 N–H and O–H groups in total. The number of nitrogens with one attached hydrogen (secondary N) is 2. The second-order valence-electron chi connectivity index (χ2n) is 5.79. The number of sulfonamides is 1. The third-order valence-corrected chi connectivity index (χ3v) is 4.44. The van der Waals surface area contributed by atoms with E-state index in [9.17, 15) is 22.8 Å². The van der Waals surface area contributed by atoms with Crippen molar-refractivity contribution < 1.29 is 27.5 Å². The fourth-order valence-corrected chi connectivity index (χ4v) is 2.70. The molecule has 0 aromatic heterocycles. The molecule has 9 nitrogen and oxygen atoms in total. The predicted molar refractivity (Wildman–Crippen MR) is 101 cm³/mol. The molecule has 2 aromatic carbocycles. The molecule has 0 fully saturated rings. The minimum absolute atomic E-state index is 0.167. The van der Waals surface area contributed by atoms with Crippen LogP contribution in [0.25, 0.3) is 0 Å². The molecule has 0 saturated heterocycles. The monoisotopic (exact) mass is 405 g/mol. The van der Waals surface area contributed by atoms with Crippen LogP contribution in [0.4, 0.5) is 5.69 Å². The van der Waals surface area contributed by atoms with Gasteiger partial charge in [0.2, 0.25) is 10.0 Å². The number of carbonyl (C=O) groups excluding carboxylic acids is 3. The van der Waals surface area contributed by atoms with E-state index in [0.29, 0.717) is 5.56 Å². The Morgan fingerprint density at radius 1 is 1.07 bits per heavy atom. The molecule has 0 radical (unpaired) electrons. The van der Waals surface area contributed by atoms with Crippen molar-refractivity contribution in [1.82, 2.24) is 5.32 Å². The normalized spacial score (nSPS) is 11.9. The number of rotatable bonds is 7.